The SMILES string of the molecule is CSc1ncnc(COc2ccc(F)cc2)n1. The van der Waals surface area contributed by atoms with Gasteiger partial charge < -0.3 is 4.74 Å². The van der Waals surface area contributed by atoms with E-state index in [-0.39, 0.29) is 12.4 Å². The Morgan fingerprint density at radius 3 is 2.71 bits per heavy atom. The van der Waals surface area contributed by atoms with Gasteiger partial charge in [0.05, 0.1) is 0 Å². The van der Waals surface area contributed by atoms with E-state index in [1.165, 1.54) is 30.2 Å². The number of hydrogen-bond acceptors (Lipinski definition) is 5. The van der Waals surface area contributed by atoms with Crippen LogP contribution in [0.1, 0.15) is 5.82 Å². The van der Waals surface area contributed by atoms with Crippen molar-refractivity contribution in [2.45, 2.75) is 11.8 Å². The van der Waals surface area contributed by atoms with Gasteiger partial charge in [0.1, 0.15) is 24.5 Å². The van der Waals surface area contributed by atoms with Crippen molar-refractivity contribution in [3.05, 3.63) is 42.2 Å². The van der Waals surface area contributed by atoms with Gasteiger partial charge in [0, 0.05) is 0 Å². The van der Waals surface area contributed by atoms with Gasteiger partial charge in [-0.3, -0.25) is 0 Å². The van der Waals surface area contributed by atoms with Gasteiger partial charge in [-0.2, -0.15) is 0 Å². The third kappa shape index (κ3) is 3.39. The average molecular weight is 251 g/mol. The molecule has 2 rings (SSSR count). The van der Waals surface area contributed by atoms with Gasteiger partial charge in [-0.1, -0.05) is 11.8 Å². The van der Waals surface area contributed by atoms with E-state index in [2.05, 4.69) is 15.0 Å². The summed E-state index contributed by atoms with van der Waals surface area (Å²) >= 11 is 1.44. The van der Waals surface area contributed by atoms with Crippen LogP contribution in [0.4, 0.5) is 4.39 Å². The molecule has 0 N–H and O–H groups in total. The Hall–Kier alpha value is -1.69. The highest BCUT2D eigenvalue weighted by atomic mass is 32.2. The van der Waals surface area contributed by atoms with Crippen molar-refractivity contribution in [1.29, 1.82) is 0 Å². The number of hydrogen-bond donors (Lipinski definition) is 0. The fourth-order valence-electron chi connectivity index (χ4n) is 1.16. The minimum Gasteiger partial charge on any atom is -0.486 e. The number of rotatable bonds is 4. The second kappa shape index (κ2) is 5.58. The molecule has 4 nitrogen and oxygen atoms in total. The summed E-state index contributed by atoms with van der Waals surface area (Å²) in [4.78, 5) is 12.1. The number of aromatic nitrogens is 3. The quantitative estimate of drug-likeness (QED) is 0.780. The first kappa shape index (κ1) is 11.8. The van der Waals surface area contributed by atoms with Gasteiger partial charge in [0.25, 0.3) is 0 Å². The lowest BCUT2D eigenvalue weighted by Crippen LogP contribution is -2.03. The molecule has 0 saturated carbocycles. The van der Waals surface area contributed by atoms with E-state index in [4.69, 9.17) is 4.74 Å². The second-order valence-corrected chi connectivity index (χ2v) is 3.90. The van der Waals surface area contributed by atoms with Crippen molar-refractivity contribution in [2.75, 3.05) is 6.26 Å². The minimum atomic E-state index is -0.290. The lowest BCUT2D eigenvalue weighted by Gasteiger charge is -2.05. The summed E-state index contributed by atoms with van der Waals surface area (Å²) in [5.74, 6) is 0.841. The van der Waals surface area contributed by atoms with Gasteiger partial charge in [-0.15, -0.1) is 0 Å². The molecule has 6 heteroatoms. The molecule has 0 aliphatic heterocycles. The molecule has 0 aliphatic carbocycles. The molecule has 2 aromatic rings. The van der Waals surface area contributed by atoms with Crippen molar-refractivity contribution in [1.82, 2.24) is 15.0 Å². The zero-order valence-corrected chi connectivity index (χ0v) is 9.95. The van der Waals surface area contributed by atoms with Crippen LogP contribution >= 0.6 is 11.8 Å². The molecule has 1 heterocycles. The first-order valence-electron chi connectivity index (χ1n) is 4.88. The molecular weight excluding hydrogens is 241 g/mol. The van der Waals surface area contributed by atoms with Crippen molar-refractivity contribution in [2.24, 2.45) is 0 Å². The molecule has 0 unspecified atom stereocenters. The first-order valence-corrected chi connectivity index (χ1v) is 6.10. The van der Waals surface area contributed by atoms with Crippen LogP contribution in [0.25, 0.3) is 0 Å². The highest BCUT2D eigenvalue weighted by Gasteiger charge is 2.01. The Balaban J connectivity index is 1.99. The lowest BCUT2D eigenvalue weighted by atomic mass is 10.3. The molecule has 17 heavy (non-hydrogen) atoms. The van der Waals surface area contributed by atoms with Gasteiger partial charge in [-0.05, 0) is 30.5 Å². The fraction of sp³-hybridized carbons (Fsp3) is 0.182. The van der Waals surface area contributed by atoms with Gasteiger partial charge >= 0.3 is 0 Å². The predicted octanol–water partition coefficient (Wildman–Crippen LogP) is 2.31. The maximum absolute atomic E-state index is 12.7. The van der Waals surface area contributed by atoms with Crippen LogP contribution in [0.3, 0.4) is 0 Å². The molecule has 1 aromatic carbocycles. The predicted molar refractivity (Wildman–Crippen MR) is 62.3 cm³/mol. The van der Waals surface area contributed by atoms with Crippen LogP contribution in [0.2, 0.25) is 0 Å². The maximum atomic E-state index is 12.7. The summed E-state index contributed by atoms with van der Waals surface area (Å²) in [7, 11) is 0. The van der Waals surface area contributed by atoms with E-state index in [9.17, 15) is 4.39 Å². The minimum absolute atomic E-state index is 0.238. The molecule has 0 aliphatic rings. The van der Waals surface area contributed by atoms with Gasteiger partial charge in [0.2, 0.25) is 0 Å². The van der Waals surface area contributed by atoms with Crippen LogP contribution < -0.4 is 4.74 Å². The van der Waals surface area contributed by atoms with E-state index in [0.29, 0.717) is 16.7 Å². The third-order valence-corrected chi connectivity index (χ3v) is 2.53. The van der Waals surface area contributed by atoms with E-state index in [1.54, 1.807) is 12.1 Å². The summed E-state index contributed by atoms with van der Waals surface area (Å²) in [6.07, 6.45) is 3.34. The Bertz CT molecular complexity index is 492. The molecule has 0 atom stereocenters. The Kier molecular flexibility index (Phi) is 3.87. The summed E-state index contributed by atoms with van der Waals surface area (Å²) in [5, 5.41) is 0.651. The third-order valence-electron chi connectivity index (χ3n) is 1.96. The van der Waals surface area contributed by atoms with Crippen LogP contribution in [0.15, 0.2) is 35.7 Å². The number of nitrogens with zero attached hydrogens (tertiary/aromatic N) is 3. The van der Waals surface area contributed by atoms with E-state index in [1.807, 2.05) is 6.26 Å². The summed E-state index contributed by atoms with van der Waals surface area (Å²) in [6.45, 7) is 0.238. The normalized spacial score (nSPS) is 10.2. The maximum Gasteiger partial charge on any atom is 0.190 e. The zero-order chi connectivity index (χ0) is 12.1. The Morgan fingerprint density at radius 1 is 1.24 bits per heavy atom. The van der Waals surface area contributed by atoms with Crippen molar-refractivity contribution in [3.63, 3.8) is 0 Å². The lowest BCUT2D eigenvalue weighted by molar-refractivity contribution is 0.293. The molecule has 0 fully saturated rings. The summed E-state index contributed by atoms with van der Waals surface area (Å²) in [5.41, 5.74) is 0. The molecule has 0 amide bonds. The fourth-order valence-corrected chi connectivity index (χ4v) is 1.51. The van der Waals surface area contributed by atoms with E-state index in [0.717, 1.165) is 0 Å². The van der Waals surface area contributed by atoms with Crippen molar-refractivity contribution < 1.29 is 9.13 Å². The second-order valence-electron chi connectivity index (χ2n) is 3.13. The molecule has 0 bridgehead atoms. The van der Waals surface area contributed by atoms with Crippen LogP contribution in [-0.4, -0.2) is 21.2 Å². The van der Waals surface area contributed by atoms with Crippen LogP contribution in [-0.2, 0) is 6.61 Å². The van der Waals surface area contributed by atoms with Gasteiger partial charge in [-0.25, -0.2) is 19.3 Å². The average Bonchev–Trinajstić information content (AvgIpc) is 2.38. The van der Waals surface area contributed by atoms with Crippen LogP contribution in [0, 0.1) is 5.82 Å². The smallest absolute Gasteiger partial charge is 0.190 e. The topological polar surface area (TPSA) is 47.9 Å². The monoisotopic (exact) mass is 251 g/mol. The highest BCUT2D eigenvalue weighted by molar-refractivity contribution is 7.98. The zero-order valence-electron chi connectivity index (χ0n) is 9.13. The Morgan fingerprint density at radius 2 is 2.00 bits per heavy atom. The molecule has 88 valence electrons. The summed E-state index contributed by atoms with van der Waals surface area (Å²) < 4.78 is 18.1. The van der Waals surface area contributed by atoms with Crippen molar-refractivity contribution >= 4 is 11.8 Å². The first-order chi connectivity index (χ1) is 8.28. The Labute approximate surface area is 102 Å². The standard InChI is InChI=1S/C11H10FN3OS/c1-17-11-14-7-13-10(15-11)6-16-9-4-2-8(12)3-5-9/h2-5,7H,6H2,1H3. The number of thioether (sulfide) groups is 1. The molecular formula is C11H10FN3OS. The van der Waals surface area contributed by atoms with Crippen molar-refractivity contribution in [3.8, 4) is 5.75 Å². The number of ether oxygens (including phenoxy) is 1. The number of benzene rings is 1. The van der Waals surface area contributed by atoms with Crippen LogP contribution in [0.5, 0.6) is 5.75 Å². The van der Waals surface area contributed by atoms with E-state index < -0.39 is 0 Å². The molecule has 1 aromatic heterocycles. The highest BCUT2D eigenvalue weighted by Crippen LogP contribution is 2.13. The number of halogens is 1. The summed E-state index contributed by atoms with van der Waals surface area (Å²) in [6, 6.07) is 5.81. The molecule has 0 saturated heterocycles. The van der Waals surface area contributed by atoms with E-state index >= 15 is 0 Å². The molecule has 0 spiro atoms. The molecule has 0 radical (unpaired) electrons. The largest absolute Gasteiger partial charge is 0.486 e. The van der Waals surface area contributed by atoms with Gasteiger partial charge in [0.15, 0.2) is 11.0 Å².